The minimum atomic E-state index is -4.92. The fraction of sp³-hybridized carbons (Fsp3) is 0.625. The van der Waals surface area contributed by atoms with Crippen LogP contribution in [0.1, 0.15) is 79.6 Å². The molecule has 5 aliphatic rings. The first kappa shape index (κ1) is 42.3. The van der Waals surface area contributed by atoms with Crippen LogP contribution in [-0.2, 0) is 29.1 Å². The average Bonchev–Trinajstić information content (AvgIpc) is 4.04. The quantitative estimate of drug-likeness (QED) is 0.328. The van der Waals surface area contributed by atoms with Gasteiger partial charge in [0.1, 0.15) is 36.9 Å². The highest BCUT2D eigenvalue weighted by Gasteiger charge is 2.63. The number of sulfonamides is 1. The maximum absolute atomic E-state index is 14.8. The maximum Gasteiger partial charge on any atom is 0.427 e. The molecule has 3 aliphatic heterocycles. The summed E-state index contributed by atoms with van der Waals surface area (Å²) in [5.41, 5.74) is -4.54. The van der Waals surface area contributed by atoms with Crippen LogP contribution in [-0.4, -0.2) is 102 Å². The summed E-state index contributed by atoms with van der Waals surface area (Å²) in [6, 6.07) is 2.42. The zero-order valence-electron chi connectivity index (χ0n) is 33.5. The van der Waals surface area contributed by atoms with Gasteiger partial charge in [0.05, 0.1) is 11.3 Å². The second-order valence-corrected chi connectivity index (χ2v) is 19.5. The van der Waals surface area contributed by atoms with Gasteiger partial charge in [0.15, 0.2) is 11.5 Å². The van der Waals surface area contributed by atoms with Gasteiger partial charge in [-0.25, -0.2) is 18.2 Å². The lowest BCUT2D eigenvalue weighted by Crippen LogP contribution is -2.59. The third-order valence-electron chi connectivity index (χ3n) is 12.2. The molecule has 1 aromatic carbocycles. The topological polar surface area (TPSA) is 192 Å². The molecule has 2 aromatic rings. The molecule has 3 fully saturated rings. The predicted octanol–water partition coefficient (Wildman–Crippen LogP) is 4.68. The van der Waals surface area contributed by atoms with E-state index in [0.29, 0.717) is 81.4 Å². The number of ether oxygens (including phenoxy) is 4. The monoisotopic (exact) mass is 849 g/mol. The molecule has 15 nitrogen and oxygen atoms in total. The number of pyridine rings is 1. The largest absolute Gasteiger partial charge is 0.486 e. The van der Waals surface area contributed by atoms with Gasteiger partial charge in [-0.3, -0.25) is 19.1 Å². The molecule has 1 aromatic heterocycles. The Kier molecular flexibility index (Phi) is 11.0. The van der Waals surface area contributed by atoms with Gasteiger partial charge in [-0.15, -0.1) is 0 Å². The van der Waals surface area contributed by atoms with Crippen molar-refractivity contribution in [1.29, 1.82) is 0 Å². The fourth-order valence-corrected chi connectivity index (χ4v) is 9.35. The summed E-state index contributed by atoms with van der Waals surface area (Å²) in [6.45, 7) is 7.02. The van der Waals surface area contributed by atoms with Gasteiger partial charge in [0, 0.05) is 29.3 Å². The van der Waals surface area contributed by atoms with E-state index in [9.17, 15) is 40.8 Å². The summed E-state index contributed by atoms with van der Waals surface area (Å²) in [5.74, 6) is -2.50. The highest BCUT2D eigenvalue weighted by molar-refractivity contribution is 7.91. The van der Waals surface area contributed by atoms with E-state index in [1.807, 2.05) is 13.0 Å². The van der Waals surface area contributed by atoms with E-state index in [4.69, 9.17) is 18.9 Å². The predicted molar refractivity (Wildman–Crippen MR) is 206 cm³/mol. The van der Waals surface area contributed by atoms with Crippen molar-refractivity contribution in [2.24, 2.45) is 17.8 Å². The lowest BCUT2D eigenvalue weighted by Gasteiger charge is -2.34. The number of alkyl carbamates (subject to hydrolysis) is 1. The van der Waals surface area contributed by atoms with Crippen LogP contribution in [0.2, 0.25) is 0 Å². The van der Waals surface area contributed by atoms with Gasteiger partial charge >= 0.3 is 12.3 Å². The van der Waals surface area contributed by atoms with E-state index in [1.54, 1.807) is 31.2 Å². The number of aromatic nitrogens is 1. The Balaban J connectivity index is 1.23. The maximum atomic E-state index is 14.8. The number of hydrogen-bond donors (Lipinski definition) is 3. The molecule has 19 heteroatoms. The average molecular weight is 850 g/mol. The minimum Gasteiger partial charge on any atom is -0.486 e. The van der Waals surface area contributed by atoms with Crippen LogP contribution in [0.5, 0.6) is 17.4 Å². The Morgan fingerprint density at radius 1 is 1.05 bits per heavy atom. The lowest BCUT2D eigenvalue weighted by molar-refractivity contribution is -0.244. The van der Waals surface area contributed by atoms with Crippen molar-refractivity contribution in [3.8, 4) is 17.4 Å². The Hall–Kier alpha value is -4.81. The zero-order chi connectivity index (χ0) is 42.7. The third kappa shape index (κ3) is 8.35. The van der Waals surface area contributed by atoms with Crippen molar-refractivity contribution in [3.63, 3.8) is 0 Å². The first-order valence-electron chi connectivity index (χ1n) is 19.9. The number of amides is 4. The van der Waals surface area contributed by atoms with Crippen molar-refractivity contribution in [3.05, 3.63) is 36.5 Å². The van der Waals surface area contributed by atoms with E-state index in [0.717, 1.165) is 0 Å². The van der Waals surface area contributed by atoms with Crippen molar-refractivity contribution in [1.82, 2.24) is 25.2 Å². The summed E-state index contributed by atoms with van der Waals surface area (Å²) in [5, 5.41) is 6.39. The minimum absolute atomic E-state index is 0.0426. The molecule has 4 amide bonds. The molecule has 322 valence electrons. The molecule has 4 heterocycles. The number of benzene rings is 1. The van der Waals surface area contributed by atoms with Crippen LogP contribution in [0.3, 0.4) is 0 Å². The van der Waals surface area contributed by atoms with Gasteiger partial charge in [0.2, 0.25) is 33.3 Å². The molecular formula is C40H50F3N5O10S. The molecular weight excluding hydrogens is 800 g/mol. The standard InChI is InChI=1S/C40H50F3N5O10S/c1-22-8-6-7-9-24-20-39(24,35(51)47-59(53,54)38(5)13-14-38)46-32(49)28-19-25(57-33-27-10-11-29-31(56-17-16-55-29)26(27)12-15-44-33)21-48(28)34(50)30(23(2)18-22)45-36(52)58-37(3,4)40(41,42)43/h7,9-12,15,22-25,28,30H,6,8,13-14,16-21H2,1-5H3,(H,45,52)(H,46,49)(H,47,51). The summed E-state index contributed by atoms with van der Waals surface area (Å²) < 4.78 is 91.6. The van der Waals surface area contributed by atoms with Crippen LogP contribution in [0.15, 0.2) is 36.5 Å². The van der Waals surface area contributed by atoms with E-state index in [1.165, 1.54) is 18.0 Å². The molecule has 3 N–H and O–H groups in total. The van der Waals surface area contributed by atoms with Crippen LogP contribution >= 0.6 is 0 Å². The molecule has 7 rings (SSSR count). The summed E-state index contributed by atoms with van der Waals surface area (Å²) in [7, 11) is -4.08. The molecule has 1 saturated heterocycles. The van der Waals surface area contributed by atoms with Crippen LogP contribution in [0.4, 0.5) is 18.0 Å². The van der Waals surface area contributed by atoms with Crippen LogP contribution < -0.4 is 29.6 Å². The van der Waals surface area contributed by atoms with E-state index >= 15 is 0 Å². The highest BCUT2D eigenvalue weighted by Crippen LogP contribution is 2.48. The summed E-state index contributed by atoms with van der Waals surface area (Å²) in [4.78, 5) is 62.0. The molecule has 7 unspecified atom stereocenters. The number of carbonyl (C=O) groups excluding carboxylic acids is 4. The van der Waals surface area contributed by atoms with Gasteiger partial charge in [0.25, 0.3) is 5.91 Å². The van der Waals surface area contributed by atoms with Crippen molar-refractivity contribution in [2.75, 3.05) is 19.8 Å². The van der Waals surface area contributed by atoms with Crippen molar-refractivity contribution < 1.29 is 59.7 Å². The summed E-state index contributed by atoms with van der Waals surface area (Å²) in [6.07, 6.45) is 0.108. The number of carbonyl (C=O) groups is 4. The number of rotatable bonds is 7. The number of nitrogens with zero attached hydrogens (tertiary/aromatic N) is 2. The second kappa shape index (κ2) is 15.3. The molecule has 2 saturated carbocycles. The SMILES string of the molecule is CC1CCC=CC2CC2(C(=O)NS(=O)(=O)C2(C)CC2)NC(=O)C2CC(Oc3nccc4c5c(ccc34)OCCO5)CN2C(=O)C(NC(=O)OC(C)(C)C(F)(F)F)C(C)C1. The van der Waals surface area contributed by atoms with Gasteiger partial charge in [-0.05, 0) is 89.3 Å². The van der Waals surface area contributed by atoms with Crippen LogP contribution in [0, 0.1) is 17.8 Å². The Morgan fingerprint density at radius 3 is 2.49 bits per heavy atom. The van der Waals surface area contributed by atoms with E-state index in [2.05, 4.69) is 20.3 Å². The van der Waals surface area contributed by atoms with E-state index < -0.39 is 85.9 Å². The Bertz CT molecular complexity index is 2160. The van der Waals surface area contributed by atoms with E-state index in [-0.39, 0.29) is 31.2 Å². The molecule has 0 spiro atoms. The molecule has 59 heavy (non-hydrogen) atoms. The molecule has 7 atom stereocenters. The molecule has 0 radical (unpaired) electrons. The van der Waals surface area contributed by atoms with Crippen LogP contribution in [0.25, 0.3) is 10.8 Å². The lowest BCUT2D eigenvalue weighted by atomic mass is 9.88. The van der Waals surface area contributed by atoms with Crippen molar-refractivity contribution in [2.45, 2.75) is 120 Å². The second-order valence-electron chi connectivity index (χ2n) is 17.3. The number of alkyl halides is 3. The number of fused-ring (bicyclic) bond motifs is 5. The van der Waals surface area contributed by atoms with Gasteiger partial charge < -0.3 is 34.5 Å². The molecule has 2 aliphatic carbocycles. The third-order valence-corrected chi connectivity index (χ3v) is 14.4. The highest BCUT2D eigenvalue weighted by atomic mass is 32.2. The Labute approximate surface area is 340 Å². The van der Waals surface area contributed by atoms with Crippen molar-refractivity contribution >= 4 is 44.6 Å². The van der Waals surface area contributed by atoms with Gasteiger partial charge in [-0.2, -0.15) is 13.2 Å². The first-order valence-corrected chi connectivity index (χ1v) is 21.4. The number of hydrogen-bond acceptors (Lipinski definition) is 11. The number of nitrogens with one attached hydrogen (secondary N) is 3. The van der Waals surface area contributed by atoms with Gasteiger partial charge in [-0.1, -0.05) is 26.0 Å². The normalized spacial score (nSPS) is 29.5. The fourth-order valence-electron chi connectivity index (χ4n) is 8.03. The first-order chi connectivity index (χ1) is 27.6. The Morgan fingerprint density at radius 2 is 1.78 bits per heavy atom. The summed E-state index contributed by atoms with van der Waals surface area (Å²) >= 11 is 0. The smallest absolute Gasteiger partial charge is 0.427 e. The molecule has 0 bridgehead atoms. The number of allylic oxidation sites excluding steroid dienone is 1. The number of halogens is 3. The zero-order valence-corrected chi connectivity index (χ0v) is 34.3.